The summed E-state index contributed by atoms with van der Waals surface area (Å²) in [6.45, 7) is 3.24. The Balaban J connectivity index is 1.95. The van der Waals surface area contributed by atoms with Gasteiger partial charge in [-0.05, 0) is 38.6 Å². The number of rotatable bonds is 8. The first-order valence-corrected chi connectivity index (χ1v) is 10.7. The summed E-state index contributed by atoms with van der Waals surface area (Å²) >= 11 is 0. The highest BCUT2D eigenvalue weighted by atomic mass is 32.2. The first-order chi connectivity index (χ1) is 12.3. The Labute approximate surface area is 156 Å². The van der Waals surface area contributed by atoms with Gasteiger partial charge < -0.3 is 19.9 Å². The van der Waals surface area contributed by atoms with E-state index in [2.05, 4.69) is 5.32 Å². The van der Waals surface area contributed by atoms with E-state index >= 15 is 0 Å². The van der Waals surface area contributed by atoms with E-state index in [0.717, 1.165) is 17.7 Å². The van der Waals surface area contributed by atoms with Crippen LogP contribution in [0, 0.1) is 0 Å². The molecule has 0 aliphatic carbocycles. The molecule has 1 N–H and O–H groups in total. The Morgan fingerprint density at radius 3 is 2.62 bits per heavy atom. The van der Waals surface area contributed by atoms with Crippen molar-refractivity contribution >= 4 is 15.9 Å². The maximum absolute atomic E-state index is 12.6. The van der Waals surface area contributed by atoms with E-state index in [4.69, 9.17) is 4.74 Å². The van der Waals surface area contributed by atoms with Gasteiger partial charge in [-0.1, -0.05) is 25.1 Å². The molecule has 1 fully saturated rings. The second kappa shape index (κ2) is 9.23. The fourth-order valence-electron chi connectivity index (χ4n) is 2.99. The number of benzene rings is 1. The number of likely N-dealkylation sites (N-methyl/N-ethyl adjacent to an activating group) is 1. The van der Waals surface area contributed by atoms with Crippen molar-refractivity contribution < 1.29 is 17.9 Å². The highest BCUT2D eigenvalue weighted by molar-refractivity contribution is 7.91. The van der Waals surface area contributed by atoms with Crippen molar-refractivity contribution in [1.82, 2.24) is 15.1 Å². The van der Waals surface area contributed by atoms with Crippen molar-refractivity contribution in [3.63, 3.8) is 0 Å². The van der Waals surface area contributed by atoms with Gasteiger partial charge in [-0.2, -0.15) is 0 Å². The van der Waals surface area contributed by atoms with Gasteiger partial charge in [0.15, 0.2) is 16.6 Å². The number of carbonyl (C=O) groups excluding carboxylic acids is 1. The fraction of sp³-hybridized carbons (Fsp3) is 0.611. The average molecular weight is 384 g/mol. The minimum atomic E-state index is -3.05. The summed E-state index contributed by atoms with van der Waals surface area (Å²) in [5.41, 5.74) is 1.08. The lowest BCUT2D eigenvalue weighted by atomic mass is 10.1. The summed E-state index contributed by atoms with van der Waals surface area (Å²) in [7, 11) is 0.794. The zero-order valence-electron chi connectivity index (χ0n) is 15.8. The van der Waals surface area contributed by atoms with E-state index in [0.29, 0.717) is 19.5 Å². The minimum absolute atomic E-state index is 0.0351. The highest BCUT2D eigenvalue weighted by Crippen LogP contribution is 2.19. The number of hydrogen-bond acceptors (Lipinski definition) is 5. The molecule has 1 aromatic rings. The topological polar surface area (TPSA) is 79.0 Å². The second-order valence-electron chi connectivity index (χ2n) is 6.79. The van der Waals surface area contributed by atoms with Crippen LogP contribution in [-0.4, -0.2) is 75.7 Å². The van der Waals surface area contributed by atoms with Crippen LogP contribution in [-0.2, 0) is 16.3 Å². The molecule has 1 unspecified atom stereocenters. The van der Waals surface area contributed by atoms with Gasteiger partial charge >= 0.3 is 6.03 Å². The van der Waals surface area contributed by atoms with Gasteiger partial charge in [0.05, 0.1) is 11.5 Å². The molecule has 2 amide bonds. The van der Waals surface area contributed by atoms with E-state index in [-0.39, 0.29) is 30.3 Å². The Morgan fingerprint density at radius 2 is 2.00 bits per heavy atom. The molecule has 1 aliphatic rings. The van der Waals surface area contributed by atoms with Gasteiger partial charge in [0.1, 0.15) is 5.75 Å². The zero-order valence-corrected chi connectivity index (χ0v) is 16.6. The number of sulfone groups is 1. The number of urea groups is 1. The quantitative estimate of drug-likeness (QED) is 0.686. The van der Waals surface area contributed by atoms with Crippen molar-refractivity contribution in [3.05, 3.63) is 29.8 Å². The molecule has 0 radical (unpaired) electrons. The molecule has 0 bridgehead atoms. The molecular formula is C18H29N3O4S. The van der Waals surface area contributed by atoms with Crippen LogP contribution in [0.4, 0.5) is 4.79 Å². The molecule has 0 spiro atoms. The van der Waals surface area contributed by atoms with Crippen LogP contribution in [0.25, 0.3) is 0 Å². The van der Waals surface area contributed by atoms with Crippen molar-refractivity contribution in [2.45, 2.75) is 25.8 Å². The second-order valence-corrected chi connectivity index (χ2v) is 9.01. The molecule has 1 aliphatic heterocycles. The minimum Gasteiger partial charge on any atom is -0.473 e. The molecule has 8 heteroatoms. The molecule has 1 atom stereocenters. The summed E-state index contributed by atoms with van der Waals surface area (Å²) < 4.78 is 29.3. The van der Waals surface area contributed by atoms with Crippen LogP contribution in [0.3, 0.4) is 0 Å². The monoisotopic (exact) mass is 383 g/mol. The maximum Gasteiger partial charge on any atom is 0.320 e. The van der Waals surface area contributed by atoms with Crippen LogP contribution in [0.5, 0.6) is 5.75 Å². The molecule has 26 heavy (non-hydrogen) atoms. The normalized spacial score (nSPS) is 18.7. The van der Waals surface area contributed by atoms with Crippen LogP contribution in [0.1, 0.15) is 18.9 Å². The molecule has 0 saturated carbocycles. The number of carbonyl (C=O) groups is 1. The van der Waals surface area contributed by atoms with Gasteiger partial charge in [-0.15, -0.1) is 0 Å². The summed E-state index contributed by atoms with van der Waals surface area (Å²) in [5, 5.41) is 2.76. The Bertz CT molecular complexity index is 706. The van der Waals surface area contributed by atoms with Crippen molar-refractivity contribution in [2.24, 2.45) is 0 Å². The lowest BCUT2D eigenvalue weighted by Crippen LogP contribution is -2.49. The van der Waals surface area contributed by atoms with Gasteiger partial charge in [0.25, 0.3) is 0 Å². The molecule has 7 nitrogen and oxygen atoms in total. The van der Waals surface area contributed by atoms with E-state index < -0.39 is 9.84 Å². The third-order valence-corrected chi connectivity index (χ3v) is 6.25. The lowest BCUT2D eigenvalue weighted by Gasteiger charge is -2.29. The standard InChI is InChI=1S/C18H29N3O4S/c1-4-15-7-5-6-8-17(15)25-14-19-18(22)21(11-10-20(2)3)16-9-12-26(23,24)13-16/h5-8,16H,4,9-14H2,1-3H3,(H,19,22). The first-order valence-electron chi connectivity index (χ1n) is 8.92. The number of para-hydroxylation sites is 1. The van der Waals surface area contributed by atoms with Crippen LogP contribution in [0.2, 0.25) is 0 Å². The number of amides is 2. The van der Waals surface area contributed by atoms with E-state index in [1.807, 2.05) is 50.2 Å². The Morgan fingerprint density at radius 1 is 1.27 bits per heavy atom. The molecule has 2 rings (SSSR count). The van der Waals surface area contributed by atoms with Gasteiger partial charge in [0.2, 0.25) is 0 Å². The number of ether oxygens (including phenoxy) is 1. The molecule has 1 aromatic carbocycles. The molecule has 0 aromatic heterocycles. The lowest BCUT2D eigenvalue weighted by molar-refractivity contribution is 0.162. The Kier molecular flexibility index (Phi) is 7.28. The highest BCUT2D eigenvalue weighted by Gasteiger charge is 2.34. The third kappa shape index (κ3) is 5.88. The number of nitrogens with zero attached hydrogens (tertiary/aromatic N) is 2. The summed E-state index contributed by atoms with van der Waals surface area (Å²) in [6.07, 6.45) is 1.34. The summed E-state index contributed by atoms with van der Waals surface area (Å²) in [5.74, 6) is 0.926. The first kappa shape index (κ1) is 20.5. The van der Waals surface area contributed by atoms with Gasteiger partial charge in [0, 0.05) is 19.1 Å². The largest absolute Gasteiger partial charge is 0.473 e. The summed E-state index contributed by atoms with van der Waals surface area (Å²) in [4.78, 5) is 16.2. The van der Waals surface area contributed by atoms with E-state index in [9.17, 15) is 13.2 Å². The van der Waals surface area contributed by atoms with Gasteiger partial charge in [-0.3, -0.25) is 0 Å². The smallest absolute Gasteiger partial charge is 0.320 e. The molecule has 146 valence electrons. The SMILES string of the molecule is CCc1ccccc1OCNC(=O)N(CCN(C)C)C1CCS(=O)(=O)C1. The number of nitrogens with one attached hydrogen (secondary N) is 1. The van der Waals surface area contributed by atoms with Crippen LogP contribution >= 0.6 is 0 Å². The third-order valence-electron chi connectivity index (χ3n) is 4.50. The number of hydrogen-bond donors (Lipinski definition) is 1. The van der Waals surface area contributed by atoms with Crippen molar-refractivity contribution in [3.8, 4) is 5.75 Å². The van der Waals surface area contributed by atoms with E-state index in [1.165, 1.54) is 0 Å². The van der Waals surface area contributed by atoms with Crippen molar-refractivity contribution in [2.75, 3.05) is 45.4 Å². The predicted molar refractivity (Wildman–Crippen MR) is 102 cm³/mol. The average Bonchev–Trinajstić information content (AvgIpc) is 2.95. The Hall–Kier alpha value is -1.80. The number of aryl methyl sites for hydroxylation is 1. The fourth-order valence-corrected chi connectivity index (χ4v) is 4.72. The maximum atomic E-state index is 12.6. The predicted octanol–water partition coefficient (Wildman–Crippen LogP) is 1.35. The molecular weight excluding hydrogens is 354 g/mol. The van der Waals surface area contributed by atoms with Gasteiger partial charge in [-0.25, -0.2) is 13.2 Å². The zero-order chi connectivity index (χ0) is 19.2. The summed E-state index contributed by atoms with van der Waals surface area (Å²) in [6, 6.07) is 7.14. The van der Waals surface area contributed by atoms with Crippen molar-refractivity contribution in [1.29, 1.82) is 0 Å². The molecule has 1 saturated heterocycles. The van der Waals surface area contributed by atoms with E-state index in [1.54, 1.807) is 4.90 Å². The van der Waals surface area contributed by atoms with Crippen LogP contribution in [0.15, 0.2) is 24.3 Å². The van der Waals surface area contributed by atoms with Crippen LogP contribution < -0.4 is 10.1 Å². The molecule has 1 heterocycles.